The van der Waals surface area contributed by atoms with Gasteiger partial charge in [0.25, 0.3) is 0 Å². The van der Waals surface area contributed by atoms with Crippen molar-refractivity contribution in [3.63, 3.8) is 0 Å². The van der Waals surface area contributed by atoms with E-state index < -0.39 is 0 Å². The Bertz CT molecular complexity index is 450. The summed E-state index contributed by atoms with van der Waals surface area (Å²) in [6, 6.07) is 1.29. The van der Waals surface area contributed by atoms with Crippen molar-refractivity contribution in [2.75, 3.05) is 26.2 Å². The second kappa shape index (κ2) is 12.6. The zero-order chi connectivity index (χ0) is 18.1. The number of halogens is 1. The number of hydrogen-bond acceptors (Lipinski definition) is 7. The van der Waals surface area contributed by atoms with Crippen molar-refractivity contribution in [3.8, 4) is 0 Å². The van der Waals surface area contributed by atoms with Crippen LogP contribution in [0.15, 0.2) is 5.16 Å². The number of piperidine rings is 4. The first-order valence-corrected chi connectivity index (χ1v) is 9.71. The van der Waals surface area contributed by atoms with Crippen LogP contribution in [0, 0.1) is 0 Å². The number of carbonyl (C=O) groups excluding carboxylic acids is 1. The van der Waals surface area contributed by atoms with Gasteiger partial charge in [0.05, 0.1) is 5.71 Å². The molecular formula is C18H35ClN4O3. The van der Waals surface area contributed by atoms with E-state index >= 15 is 0 Å². The Morgan fingerprint density at radius 2 is 1.38 bits per heavy atom. The van der Waals surface area contributed by atoms with E-state index in [-0.39, 0.29) is 12.4 Å². The molecule has 4 fully saturated rings. The van der Waals surface area contributed by atoms with Crippen molar-refractivity contribution in [2.24, 2.45) is 11.1 Å². The third-order valence-corrected chi connectivity index (χ3v) is 5.94. The number of carbonyl (C=O) groups is 1. The van der Waals surface area contributed by atoms with Crippen molar-refractivity contribution < 1.29 is 15.2 Å². The van der Waals surface area contributed by atoms with Crippen molar-refractivity contribution in [1.82, 2.24) is 9.80 Å². The van der Waals surface area contributed by atoms with Crippen LogP contribution in [-0.4, -0.2) is 70.0 Å². The molecule has 0 radical (unpaired) electrons. The molecule has 26 heavy (non-hydrogen) atoms. The fraction of sp³-hybridized carbons (Fsp3) is 0.889. The maximum atomic E-state index is 11.1. The van der Waals surface area contributed by atoms with Crippen molar-refractivity contribution in [3.05, 3.63) is 0 Å². The minimum atomic E-state index is 0. The minimum absolute atomic E-state index is 0. The molecule has 7 nitrogen and oxygen atoms in total. The summed E-state index contributed by atoms with van der Waals surface area (Å²) in [5.74, 6) is 3.98. The van der Waals surface area contributed by atoms with E-state index in [1.165, 1.54) is 51.6 Å². The molecular weight excluding hydrogens is 356 g/mol. The standard InChI is InChI=1S/C9H16N2O.C9H15NO.ClH.H3NO/c12-10-8-4-6-11-5-2-1-3-9(11)7-8;11-9-4-6-10-5-2-1-3-8(10)7-9;;1-2/h9,12H,1-7H2;8H,1-7H2;1H;2H,1H2/b10-8+;;;. The van der Waals surface area contributed by atoms with Crippen molar-refractivity contribution >= 4 is 23.9 Å². The molecule has 0 aromatic heterocycles. The van der Waals surface area contributed by atoms with Gasteiger partial charge in [0.15, 0.2) is 0 Å². The Kier molecular flexibility index (Phi) is 11.3. The van der Waals surface area contributed by atoms with E-state index in [2.05, 4.69) is 20.9 Å². The first-order valence-electron chi connectivity index (χ1n) is 9.71. The summed E-state index contributed by atoms with van der Waals surface area (Å²) < 4.78 is 0. The monoisotopic (exact) mass is 390 g/mol. The number of nitrogens with zero attached hydrogens (tertiary/aromatic N) is 3. The van der Waals surface area contributed by atoms with Gasteiger partial charge in [-0.25, -0.2) is 5.90 Å². The molecule has 4 aliphatic heterocycles. The van der Waals surface area contributed by atoms with E-state index in [1.807, 2.05) is 0 Å². The average Bonchev–Trinajstić information content (AvgIpc) is 2.69. The van der Waals surface area contributed by atoms with Gasteiger partial charge in [0, 0.05) is 50.9 Å². The fourth-order valence-corrected chi connectivity index (χ4v) is 4.54. The Balaban J connectivity index is 0.000000230. The van der Waals surface area contributed by atoms with Crippen LogP contribution in [0.5, 0.6) is 0 Å². The fourth-order valence-electron chi connectivity index (χ4n) is 4.54. The van der Waals surface area contributed by atoms with Crippen molar-refractivity contribution in [1.29, 1.82) is 0 Å². The molecule has 152 valence electrons. The molecule has 4 heterocycles. The van der Waals surface area contributed by atoms with Gasteiger partial charge in [-0.15, -0.1) is 12.4 Å². The number of nitrogens with two attached hydrogens (primary N) is 1. The third kappa shape index (κ3) is 6.78. The van der Waals surface area contributed by atoms with Crippen LogP contribution < -0.4 is 5.90 Å². The number of hydrogen-bond donors (Lipinski definition) is 3. The molecule has 0 bridgehead atoms. The quantitative estimate of drug-likeness (QED) is 0.433. The van der Waals surface area contributed by atoms with Gasteiger partial charge in [-0.1, -0.05) is 18.0 Å². The van der Waals surface area contributed by atoms with Crippen LogP contribution in [0.2, 0.25) is 0 Å². The van der Waals surface area contributed by atoms with E-state index in [9.17, 15) is 4.79 Å². The lowest BCUT2D eigenvalue weighted by Gasteiger charge is -2.39. The van der Waals surface area contributed by atoms with Gasteiger partial charge in [0.2, 0.25) is 0 Å². The molecule has 4 N–H and O–H groups in total. The molecule has 4 aliphatic rings. The normalized spacial score (nSPS) is 30.5. The second-order valence-corrected chi connectivity index (χ2v) is 7.48. The first-order chi connectivity index (χ1) is 12.3. The van der Waals surface area contributed by atoms with E-state index in [0.29, 0.717) is 17.9 Å². The largest absolute Gasteiger partial charge is 0.411 e. The van der Waals surface area contributed by atoms with Gasteiger partial charge < -0.3 is 10.4 Å². The summed E-state index contributed by atoms with van der Waals surface area (Å²) in [5.41, 5.74) is 0.998. The first kappa shape index (κ1) is 23.3. The summed E-state index contributed by atoms with van der Waals surface area (Å²) in [7, 11) is 0. The van der Waals surface area contributed by atoms with Crippen LogP contribution >= 0.6 is 12.4 Å². The SMILES string of the molecule is Cl.NO.O/N=C1\CCN2CCCCC2C1.O=C1CCN2CCCCC2C1. The molecule has 0 aromatic carbocycles. The number of rotatable bonds is 0. The van der Waals surface area contributed by atoms with Crippen LogP contribution in [0.4, 0.5) is 0 Å². The molecule has 0 amide bonds. The smallest absolute Gasteiger partial charge is 0.135 e. The average molecular weight is 391 g/mol. The molecule has 2 unspecified atom stereocenters. The van der Waals surface area contributed by atoms with E-state index in [4.69, 9.17) is 10.4 Å². The predicted octanol–water partition coefficient (Wildman–Crippen LogP) is 2.42. The zero-order valence-electron chi connectivity index (χ0n) is 15.7. The molecule has 4 saturated heterocycles. The number of fused-ring (bicyclic) bond motifs is 2. The summed E-state index contributed by atoms with van der Waals surface area (Å²) in [6.45, 7) is 4.62. The van der Waals surface area contributed by atoms with Crippen LogP contribution in [-0.2, 0) is 4.79 Å². The van der Waals surface area contributed by atoms with E-state index in [1.54, 1.807) is 0 Å². The molecule has 8 heteroatoms. The van der Waals surface area contributed by atoms with Gasteiger partial charge in [-0.3, -0.25) is 14.6 Å². The second-order valence-electron chi connectivity index (χ2n) is 7.48. The molecule has 0 aliphatic carbocycles. The number of ketones is 1. The number of oxime groups is 1. The van der Waals surface area contributed by atoms with Crippen molar-refractivity contribution in [2.45, 2.75) is 76.3 Å². The highest BCUT2D eigenvalue weighted by Crippen LogP contribution is 2.25. The molecule has 4 rings (SSSR count). The lowest BCUT2D eigenvalue weighted by atomic mass is 9.92. The predicted molar refractivity (Wildman–Crippen MR) is 104 cm³/mol. The highest BCUT2D eigenvalue weighted by Gasteiger charge is 2.29. The Morgan fingerprint density at radius 3 is 1.96 bits per heavy atom. The number of Topliss-reactive ketones (excluding diaryl/α,β-unsaturated/α-hetero) is 1. The maximum absolute atomic E-state index is 11.1. The molecule has 2 atom stereocenters. The van der Waals surface area contributed by atoms with Crippen LogP contribution in [0.25, 0.3) is 0 Å². The minimum Gasteiger partial charge on any atom is -0.411 e. The lowest BCUT2D eigenvalue weighted by molar-refractivity contribution is -0.123. The third-order valence-electron chi connectivity index (χ3n) is 5.94. The van der Waals surface area contributed by atoms with Crippen LogP contribution in [0.3, 0.4) is 0 Å². The van der Waals surface area contributed by atoms with Gasteiger partial charge in [-0.2, -0.15) is 0 Å². The Morgan fingerprint density at radius 1 is 0.846 bits per heavy atom. The lowest BCUT2D eigenvalue weighted by Crippen LogP contribution is -2.45. The summed E-state index contributed by atoms with van der Waals surface area (Å²) in [4.78, 5) is 16.1. The van der Waals surface area contributed by atoms with Gasteiger partial charge >= 0.3 is 0 Å². The zero-order valence-corrected chi connectivity index (χ0v) is 16.5. The highest BCUT2D eigenvalue weighted by atomic mass is 35.5. The van der Waals surface area contributed by atoms with E-state index in [0.717, 1.165) is 44.5 Å². The van der Waals surface area contributed by atoms with Crippen LogP contribution in [0.1, 0.15) is 64.2 Å². The Hall–Kier alpha value is -0.730. The maximum Gasteiger partial charge on any atom is 0.135 e. The summed E-state index contributed by atoms with van der Waals surface area (Å²) in [5, 5.41) is 18.5. The molecule has 0 spiro atoms. The molecule has 0 aromatic rings. The van der Waals surface area contributed by atoms with Gasteiger partial charge in [0.1, 0.15) is 5.78 Å². The van der Waals surface area contributed by atoms with Gasteiger partial charge in [-0.05, 0) is 38.8 Å². The highest BCUT2D eigenvalue weighted by molar-refractivity contribution is 5.85. The molecule has 0 saturated carbocycles. The summed E-state index contributed by atoms with van der Waals surface area (Å²) >= 11 is 0. The Labute approximate surface area is 162 Å². The summed E-state index contributed by atoms with van der Waals surface area (Å²) in [6.07, 6.45) is 11.5. The topological polar surface area (TPSA) is 102 Å².